The summed E-state index contributed by atoms with van der Waals surface area (Å²) in [5.74, 6) is 0.563. The third kappa shape index (κ3) is 4.04. The largest absolute Gasteiger partial charge is 0.372 e. The summed E-state index contributed by atoms with van der Waals surface area (Å²) in [5, 5.41) is 9.58. The zero-order valence-corrected chi connectivity index (χ0v) is 19.5. The van der Waals surface area contributed by atoms with Crippen molar-refractivity contribution in [3.05, 3.63) is 31.9 Å². The third-order valence-electron chi connectivity index (χ3n) is 5.28. The van der Waals surface area contributed by atoms with Crippen molar-refractivity contribution in [2.24, 2.45) is 7.05 Å². The summed E-state index contributed by atoms with van der Waals surface area (Å²) in [5.41, 5.74) is 1.02. The van der Waals surface area contributed by atoms with Crippen molar-refractivity contribution >= 4 is 46.1 Å². The number of carbonyl (C=O) groups excluding carboxylic acids is 1. The Bertz CT molecular complexity index is 1010. The molecule has 0 saturated carbocycles. The predicted octanol–water partition coefficient (Wildman–Crippen LogP) is 2.79. The van der Waals surface area contributed by atoms with Gasteiger partial charge in [0.2, 0.25) is 0 Å². The van der Waals surface area contributed by atoms with Gasteiger partial charge in [-0.05, 0) is 38.8 Å². The molecule has 1 aromatic heterocycles. The van der Waals surface area contributed by atoms with Gasteiger partial charge in [-0.25, -0.2) is 0 Å². The molecular formula is C21H26N4O3S2. The van der Waals surface area contributed by atoms with Crippen LogP contribution in [-0.2, 0) is 16.6 Å². The lowest BCUT2D eigenvalue weighted by Crippen LogP contribution is -2.47. The van der Waals surface area contributed by atoms with E-state index in [9.17, 15) is 14.9 Å². The summed E-state index contributed by atoms with van der Waals surface area (Å²) in [6.45, 7) is 9.54. The molecule has 0 N–H and O–H groups in total. The van der Waals surface area contributed by atoms with Gasteiger partial charge in [0.05, 0.1) is 17.1 Å². The molecule has 0 aliphatic carbocycles. The quantitative estimate of drug-likeness (QED) is 0.520. The van der Waals surface area contributed by atoms with Crippen molar-refractivity contribution < 1.29 is 9.53 Å². The Labute approximate surface area is 186 Å². The molecule has 0 aromatic carbocycles. The first-order valence-electron chi connectivity index (χ1n) is 9.99. The number of rotatable bonds is 4. The van der Waals surface area contributed by atoms with Crippen molar-refractivity contribution in [1.29, 1.82) is 5.26 Å². The van der Waals surface area contributed by atoms with Gasteiger partial charge in [0.25, 0.3) is 11.5 Å². The van der Waals surface area contributed by atoms with E-state index in [0.717, 1.165) is 6.42 Å². The zero-order valence-electron chi connectivity index (χ0n) is 17.9. The fourth-order valence-corrected chi connectivity index (χ4v) is 5.28. The van der Waals surface area contributed by atoms with Crippen LogP contribution in [0.3, 0.4) is 0 Å². The zero-order chi connectivity index (χ0) is 22.2. The monoisotopic (exact) mass is 446 g/mol. The number of ether oxygens (including phenoxy) is 1. The minimum Gasteiger partial charge on any atom is -0.372 e. The molecule has 0 radical (unpaired) electrons. The predicted molar refractivity (Wildman–Crippen MR) is 124 cm³/mol. The summed E-state index contributed by atoms with van der Waals surface area (Å²) in [7, 11) is 1.67. The highest BCUT2D eigenvalue weighted by Gasteiger charge is 2.33. The fourth-order valence-electron chi connectivity index (χ4n) is 3.99. The highest BCUT2D eigenvalue weighted by Crippen LogP contribution is 2.36. The molecule has 0 spiro atoms. The highest BCUT2D eigenvalue weighted by molar-refractivity contribution is 8.26. The standard InChI is InChI=1S/C21H26N4O3S2/c1-6-7-25-20(27)17(30-21(25)29)8-15-14(4)16(9-22)19(26)23(5)18(15)24-10-12(2)28-13(3)11-24/h8,12-13H,6-7,10-11H2,1-5H3/b17-8-/t12-,13+. The number of anilines is 1. The van der Waals surface area contributed by atoms with Crippen molar-refractivity contribution in [3.8, 4) is 6.07 Å². The molecule has 7 nitrogen and oxygen atoms in total. The second kappa shape index (κ2) is 8.92. The van der Waals surface area contributed by atoms with Crippen LogP contribution in [0.5, 0.6) is 0 Å². The van der Waals surface area contributed by atoms with Crippen LogP contribution in [0.15, 0.2) is 9.70 Å². The van der Waals surface area contributed by atoms with E-state index in [4.69, 9.17) is 17.0 Å². The van der Waals surface area contributed by atoms with Gasteiger partial charge < -0.3 is 9.64 Å². The van der Waals surface area contributed by atoms with Crippen LogP contribution in [0.25, 0.3) is 6.08 Å². The second-order valence-corrected chi connectivity index (χ2v) is 9.38. The van der Waals surface area contributed by atoms with Crippen LogP contribution in [0, 0.1) is 18.3 Å². The lowest BCUT2D eigenvalue weighted by Gasteiger charge is -2.38. The summed E-state index contributed by atoms with van der Waals surface area (Å²) in [6, 6.07) is 2.03. The first-order valence-corrected chi connectivity index (χ1v) is 11.2. The van der Waals surface area contributed by atoms with Crippen LogP contribution in [0.1, 0.15) is 43.9 Å². The van der Waals surface area contributed by atoms with E-state index in [0.29, 0.717) is 45.8 Å². The number of amides is 1. The number of hydrogen-bond acceptors (Lipinski definition) is 7. The molecule has 1 aromatic rings. The van der Waals surface area contributed by atoms with Gasteiger partial charge in [0.1, 0.15) is 21.8 Å². The number of pyridine rings is 1. The lowest BCUT2D eigenvalue weighted by atomic mass is 10.0. The van der Waals surface area contributed by atoms with Crippen LogP contribution in [0.4, 0.5) is 5.82 Å². The van der Waals surface area contributed by atoms with Gasteiger partial charge in [-0.2, -0.15) is 5.26 Å². The third-order valence-corrected chi connectivity index (χ3v) is 6.66. The molecule has 0 bridgehead atoms. The molecule has 3 heterocycles. The summed E-state index contributed by atoms with van der Waals surface area (Å²) in [6.07, 6.45) is 2.59. The maximum Gasteiger partial charge on any atom is 0.270 e. The van der Waals surface area contributed by atoms with E-state index in [2.05, 4.69) is 4.90 Å². The van der Waals surface area contributed by atoms with E-state index in [-0.39, 0.29) is 29.2 Å². The van der Waals surface area contributed by atoms with Crippen LogP contribution >= 0.6 is 24.0 Å². The van der Waals surface area contributed by atoms with E-state index < -0.39 is 0 Å². The number of hydrogen-bond donors (Lipinski definition) is 0. The summed E-state index contributed by atoms with van der Waals surface area (Å²) < 4.78 is 7.89. The van der Waals surface area contributed by atoms with Crippen LogP contribution in [-0.4, -0.2) is 51.5 Å². The number of carbonyl (C=O) groups is 1. The first-order chi connectivity index (χ1) is 14.2. The summed E-state index contributed by atoms with van der Waals surface area (Å²) >= 11 is 6.65. The molecular weight excluding hydrogens is 420 g/mol. The van der Waals surface area contributed by atoms with Crippen LogP contribution in [0.2, 0.25) is 0 Å². The van der Waals surface area contributed by atoms with E-state index in [1.54, 1.807) is 24.9 Å². The second-order valence-electron chi connectivity index (χ2n) is 7.71. The molecule has 2 saturated heterocycles. The molecule has 1 amide bonds. The molecule has 2 aliphatic heterocycles. The Morgan fingerprint density at radius 3 is 2.50 bits per heavy atom. The molecule has 2 aliphatic rings. The molecule has 9 heteroatoms. The number of nitriles is 1. The van der Waals surface area contributed by atoms with Crippen LogP contribution < -0.4 is 10.5 Å². The van der Waals surface area contributed by atoms with Crippen molar-refractivity contribution in [3.63, 3.8) is 0 Å². The normalized spacial score (nSPS) is 23.4. The van der Waals surface area contributed by atoms with Gasteiger partial charge in [0, 0.05) is 32.2 Å². The topological polar surface area (TPSA) is 78.6 Å². The highest BCUT2D eigenvalue weighted by atomic mass is 32.2. The molecule has 160 valence electrons. The number of morpholine rings is 1. The molecule has 0 unspecified atom stereocenters. The van der Waals surface area contributed by atoms with E-state index in [1.807, 2.05) is 26.8 Å². The van der Waals surface area contributed by atoms with Crippen molar-refractivity contribution in [2.45, 2.75) is 46.3 Å². The van der Waals surface area contributed by atoms with E-state index in [1.165, 1.54) is 16.3 Å². The lowest BCUT2D eigenvalue weighted by molar-refractivity contribution is -0.122. The van der Waals surface area contributed by atoms with Gasteiger partial charge in [-0.15, -0.1) is 0 Å². The molecule has 3 rings (SSSR count). The number of aromatic nitrogens is 1. The smallest absolute Gasteiger partial charge is 0.270 e. The minimum absolute atomic E-state index is 0.00424. The Hall–Kier alpha value is -2.15. The maximum absolute atomic E-state index is 12.9. The average Bonchev–Trinajstić information content (AvgIpc) is 2.93. The maximum atomic E-state index is 12.9. The fraction of sp³-hybridized carbons (Fsp3) is 0.524. The number of nitrogens with zero attached hydrogens (tertiary/aromatic N) is 4. The Kier molecular flexibility index (Phi) is 6.70. The van der Waals surface area contributed by atoms with Crippen molar-refractivity contribution in [1.82, 2.24) is 9.47 Å². The molecule has 2 fully saturated rings. The number of thioether (sulfide) groups is 1. The Morgan fingerprint density at radius 1 is 1.30 bits per heavy atom. The molecule has 30 heavy (non-hydrogen) atoms. The Morgan fingerprint density at radius 2 is 1.93 bits per heavy atom. The van der Waals surface area contributed by atoms with Gasteiger partial charge in [0.15, 0.2) is 0 Å². The average molecular weight is 447 g/mol. The van der Waals surface area contributed by atoms with Crippen molar-refractivity contribution in [2.75, 3.05) is 24.5 Å². The Balaban J connectivity index is 2.20. The van der Waals surface area contributed by atoms with Gasteiger partial charge in [-0.3, -0.25) is 19.1 Å². The first kappa shape index (κ1) is 22.5. The van der Waals surface area contributed by atoms with E-state index >= 15 is 0 Å². The molecule has 2 atom stereocenters. The number of thiocarbonyl (C=S) groups is 1. The van der Waals surface area contributed by atoms with Gasteiger partial charge in [-0.1, -0.05) is 30.9 Å². The summed E-state index contributed by atoms with van der Waals surface area (Å²) in [4.78, 5) is 30.0. The van der Waals surface area contributed by atoms with Gasteiger partial charge >= 0.3 is 0 Å². The minimum atomic E-state index is -0.340. The SMILES string of the molecule is CCCN1C(=O)/C(=C/c2c(C)c(C#N)c(=O)n(C)c2N2C[C@@H](C)O[C@@H](C)C2)SC1=S.